The number of methoxy groups -OCH3 is 1. The highest BCUT2D eigenvalue weighted by Crippen LogP contribution is 2.56. The van der Waals surface area contributed by atoms with Gasteiger partial charge >= 0.3 is 5.97 Å². The topological polar surface area (TPSA) is 43.4 Å². The second-order valence-electron chi connectivity index (χ2n) is 5.86. The van der Waals surface area contributed by atoms with Crippen molar-refractivity contribution in [3.05, 3.63) is 24.8 Å². The minimum Gasteiger partial charge on any atom is -0.469 e. The molecule has 3 nitrogen and oxygen atoms in total. The Labute approximate surface area is 108 Å². The predicted molar refractivity (Wildman–Crippen MR) is 68.8 cm³/mol. The van der Waals surface area contributed by atoms with Gasteiger partial charge in [-0.05, 0) is 25.7 Å². The molecule has 0 N–H and O–H groups in total. The lowest BCUT2D eigenvalue weighted by molar-refractivity contribution is -0.167. The van der Waals surface area contributed by atoms with Gasteiger partial charge in [0.15, 0.2) is 0 Å². The highest BCUT2D eigenvalue weighted by Gasteiger charge is 2.60. The number of carbonyl (C=O) groups is 2. The quantitative estimate of drug-likeness (QED) is 0.569. The van der Waals surface area contributed by atoms with Gasteiger partial charge in [0.1, 0.15) is 5.78 Å². The van der Waals surface area contributed by atoms with E-state index in [0.717, 1.165) is 0 Å². The van der Waals surface area contributed by atoms with Crippen molar-refractivity contribution < 1.29 is 14.3 Å². The van der Waals surface area contributed by atoms with Gasteiger partial charge in [0.2, 0.25) is 0 Å². The fourth-order valence-corrected chi connectivity index (χ4v) is 3.46. The van der Waals surface area contributed by atoms with Crippen LogP contribution < -0.4 is 0 Å². The first-order chi connectivity index (χ1) is 8.40. The second-order valence-corrected chi connectivity index (χ2v) is 5.86. The molecular weight excluding hydrogens is 228 g/mol. The molecule has 0 spiro atoms. The highest BCUT2D eigenvalue weighted by atomic mass is 16.5. The minimum atomic E-state index is -0.702. The Kier molecular flexibility index (Phi) is 2.96. The number of fused-ring (bicyclic) bond motifs is 2. The van der Waals surface area contributed by atoms with Crippen LogP contribution in [-0.2, 0) is 14.3 Å². The Morgan fingerprint density at radius 1 is 1.56 bits per heavy atom. The van der Waals surface area contributed by atoms with Crippen LogP contribution in [0.25, 0.3) is 0 Å². The van der Waals surface area contributed by atoms with E-state index >= 15 is 0 Å². The van der Waals surface area contributed by atoms with Crippen molar-refractivity contribution in [2.75, 3.05) is 7.11 Å². The zero-order chi connectivity index (χ0) is 13.6. The van der Waals surface area contributed by atoms with Gasteiger partial charge in [-0.1, -0.05) is 25.2 Å². The Balaban J connectivity index is 2.41. The van der Waals surface area contributed by atoms with E-state index in [4.69, 9.17) is 4.74 Å². The van der Waals surface area contributed by atoms with Crippen molar-refractivity contribution >= 4 is 11.8 Å². The van der Waals surface area contributed by atoms with E-state index < -0.39 is 10.8 Å². The number of hydrogen-bond donors (Lipinski definition) is 0. The van der Waals surface area contributed by atoms with Crippen LogP contribution in [-0.4, -0.2) is 18.9 Å². The molecule has 0 saturated heterocycles. The zero-order valence-electron chi connectivity index (χ0n) is 11.2. The Morgan fingerprint density at radius 2 is 2.22 bits per heavy atom. The van der Waals surface area contributed by atoms with Gasteiger partial charge in [-0.25, -0.2) is 0 Å². The Hall–Kier alpha value is -1.38. The molecule has 0 aliphatic heterocycles. The summed E-state index contributed by atoms with van der Waals surface area (Å²) in [5, 5.41) is 0. The van der Waals surface area contributed by atoms with E-state index in [2.05, 4.69) is 12.7 Å². The lowest BCUT2D eigenvalue weighted by Gasteiger charge is -2.52. The normalized spacial score (nSPS) is 41.8. The molecule has 3 heteroatoms. The standard InChI is InChI=1S/C15H20O3/c1-5-8-14(2)10-6-7-11(12(14)16)15(3,9-10)13(17)18-4/h5-7,10-11H,1,8-9H2,2-4H3/t10-,11-,14-,15+/m1/s1. The van der Waals surface area contributed by atoms with Gasteiger partial charge in [-0.15, -0.1) is 6.58 Å². The number of Topliss-reactive ketones (excluding diaryl/α,β-unsaturated/α-hetero) is 1. The fourth-order valence-electron chi connectivity index (χ4n) is 3.46. The molecule has 98 valence electrons. The predicted octanol–water partition coefficient (Wildman–Crippen LogP) is 2.52. The summed E-state index contributed by atoms with van der Waals surface area (Å²) < 4.78 is 4.88. The minimum absolute atomic E-state index is 0.0945. The summed E-state index contributed by atoms with van der Waals surface area (Å²) in [6.07, 6.45) is 7.10. The maximum atomic E-state index is 12.6. The summed E-state index contributed by atoms with van der Waals surface area (Å²) in [7, 11) is 1.38. The van der Waals surface area contributed by atoms with Gasteiger partial charge in [-0.2, -0.15) is 0 Å². The fraction of sp³-hybridized carbons (Fsp3) is 0.600. The lowest BCUT2D eigenvalue weighted by Crippen LogP contribution is -2.56. The number of allylic oxidation sites excluding steroid dienone is 3. The molecule has 0 aromatic heterocycles. The van der Waals surface area contributed by atoms with Crippen LogP contribution in [0.15, 0.2) is 24.8 Å². The van der Waals surface area contributed by atoms with Crippen molar-refractivity contribution in [2.45, 2.75) is 26.7 Å². The van der Waals surface area contributed by atoms with Gasteiger partial charge in [-0.3, -0.25) is 9.59 Å². The first kappa shape index (κ1) is 13.1. The van der Waals surface area contributed by atoms with Crippen molar-refractivity contribution in [1.29, 1.82) is 0 Å². The molecule has 3 aliphatic carbocycles. The van der Waals surface area contributed by atoms with Crippen molar-refractivity contribution in [3.8, 4) is 0 Å². The monoisotopic (exact) mass is 248 g/mol. The molecule has 3 aliphatic rings. The first-order valence-electron chi connectivity index (χ1n) is 6.32. The smallest absolute Gasteiger partial charge is 0.312 e. The van der Waals surface area contributed by atoms with E-state index in [9.17, 15) is 9.59 Å². The average molecular weight is 248 g/mol. The van der Waals surface area contributed by atoms with Gasteiger partial charge < -0.3 is 4.74 Å². The van der Waals surface area contributed by atoms with E-state index in [-0.39, 0.29) is 23.6 Å². The van der Waals surface area contributed by atoms with Crippen LogP contribution in [0.5, 0.6) is 0 Å². The first-order valence-corrected chi connectivity index (χ1v) is 6.32. The van der Waals surface area contributed by atoms with E-state index in [1.807, 2.05) is 19.9 Å². The van der Waals surface area contributed by atoms with Crippen LogP contribution in [0.3, 0.4) is 0 Å². The summed E-state index contributed by atoms with van der Waals surface area (Å²) in [6.45, 7) is 7.56. The molecule has 18 heavy (non-hydrogen) atoms. The highest BCUT2D eigenvalue weighted by molar-refractivity contribution is 5.96. The number of ketones is 1. The number of hydrogen-bond acceptors (Lipinski definition) is 3. The number of ether oxygens (including phenoxy) is 1. The maximum absolute atomic E-state index is 12.6. The van der Waals surface area contributed by atoms with Gasteiger partial charge in [0.25, 0.3) is 0 Å². The second kappa shape index (κ2) is 4.08. The average Bonchev–Trinajstić information content (AvgIpc) is 2.35. The molecular formula is C15H20O3. The third kappa shape index (κ3) is 1.49. The molecule has 1 saturated carbocycles. The molecule has 0 aromatic rings. The number of carbonyl (C=O) groups excluding carboxylic acids is 2. The van der Waals surface area contributed by atoms with Crippen LogP contribution in [0.2, 0.25) is 0 Å². The molecule has 0 radical (unpaired) electrons. The molecule has 2 bridgehead atoms. The van der Waals surface area contributed by atoms with E-state index in [1.165, 1.54) is 7.11 Å². The molecule has 0 amide bonds. The van der Waals surface area contributed by atoms with E-state index in [0.29, 0.717) is 12.8 Å². The summed E-state index contributed by atoms with van der Waals surface area (Å²) in [6, 6.07) is 0. The van der Waals surface area contributed by atoms with Gasteiger partial charge in [0.05, 0.1) is 18.4 Å². The summed E-state index contributed by atoms with van der Waals surface area (Å²) >= 11 is 0. The Bertz CT molecular complexity index is 437. The van der Waals surface area contributed by atoms with Gasteiger partial charge in [0, 0.05) is 5.41 Å². The largest absolute Gasteiger partial charge is 0.469 e. The third-order valence-electron chi connectivity index (χ3n) is 4.75. The van der Waals surface area contributed by atoms with Crippen LogP contribution in [0.4, 0.5) is 0 Å². The molecule has 3 rings (SSSR count). The molecule has 4 atom stereocenters. The third-order valence-corrected chi connectivity index (χ3v) is 4.75. The molecule has 0 unspecified atom stereocenters. The summed E-state index contributed by atoms with van der Waals surface area (Å²) in [4.78, 5) is 24.6. The summed E-state index contributed by atoms with van der Waals surface area (Å²) in [5.74, 6) is -0.401. The van der Waals surface area contributed by atoms with Crippen molar-refractivity contribution in [2.24, 2.45) is 22.7 Å². The molecule has 0 heterocycles. The number of rotatable bonds is 3. The molecule has 0 aromatic carbocycles. The lowest BCUT2D eigenvalue weighted by atomic mass is 9.49. The van der Waals surface area contributed by atoms with E-state index in [1.54, 1.807) is 6.08 Å². The van der Waals surface area contributed by atoms with Crippen LogP contribution >= 0.6 is 0 Å². The maximum Gasteiger partial charge on any atom is 0.312 e. The Morgan fingerprint density at radius 3 is 2.72 bits per heavy atom. The van der Waals surface area contributed by atoms with Crippen LogP contribution in [0.1, 0.15) is 26.7 Å². The zero-order valence-corrected chi connectivity index (χ0v) is 11.2. The van der Waals surface area contributed by atoms with Crippen molar-refractivity contribution in [1.82, 2.24) is 0 Å². The van der Waals surface area contributed by atoms with Crippen LogP contribution in [0, 0.1) is 22.7 Å². The summed E-state index contributed by atoms with van der Waals surface area (Å²) in [5.41, 5.74) is -1.11. The van der Waals surface area contributed by atoms with Crippen molar-refractivity contribution in [3.63, 3.8) is 0 Å². The number of esters is 1. The molecule has 1 fully saturated rings. The SMILES string of the molecule is C=CC[C@@]1(C)C(=O)[C@H]2C=C[C@@H]1C[C@]2(C)C(=O)OC.